The van der Waals surface area contributed by atoms with E-state index in [1.807, 2.05) is 75.0 Å². The summed E-state index contributed by atoms with van der Waals surface area (Å²) in [5, 5.41) is 0. The van der Waals surface area contributed by atoms with Gasteiger partial charge >= 0.3 is 54.6 Å². The molecule has 0 fully saturated rings. The van der Waals surface area contributed by atoms with Crippen LogP contribution in [-0.2, 0) is 105 Å². The van der Waals surface area contributed by atoms with Gasteiger partial charge in [-0.25, -0.2) is 0 Å². The molecule has 4 nitrogen and oxygen atoms in total. The summed E-state index contributed by atoms with van der Waals surface area (Å²) >= 11 is 38.0. The average molecular weight is 818 g/mol. The topological polar surface area (TPSA) is 13.0 Å². The van der Waals surface area contributed by atoms with Crippen molar-refractivity contribution in [3.8, 4) is 0 Å². The van der Waals surface area contributed by atoms with E-state index >= 15 is 0 Å². The summed E-state index contributed by atoms with van der Waals surface area (Å²) in [5.74, 6) is 0. The third kappa shape index (κ3) is 32.3. The second-order valence-electron chi connectivity index (χ2n) is 5.75. The fourth-order valence-electron chi connectivity index (χ4n) is 1.93. The zero-order valence-corrected chi connectivity index (χ0v) is 36.7. The minimum Gasteiger partial charge on any atom is -0.411 e. The van der Waals surface area contributed by atoms with Crippen molar-refractivity contribution in [3.63, 3.8) is 0 Å². The SMILES string of the molecule is CCN(CC)C(=S)[S-].CCN(CC)C(=S)[S-].CCN(CC)C(=S)[S-].CCN(CC)C(=S)[S-].[Cd+2].[Cd+2]. The van der Waals surface area contributed by atoms with E-state index in [-0.39, 0.29) is 54.6 Å². The van der Waals surface area contributed by atoms with Crippen LogP contribution in [0.15, 0.2) is 0 Å². The first kappa shape index (κ1) is 49.3. The monoisotopic (exact) mass is 820 g/mol. The Morgan fingerprint density at radius 1 is 0.382 bits per heavy atom. The van der Waals surface area contributed by atoms with Gasteiger partial charge in [-0.3, -0.25) is 0 Å². The zero-order valence-electron chi connectivity index (χ0n) is 22.1. The normalized spacial score (nSPS) is 8.24. The van der Waals surface area contributed by atoms with Gasteiger partial charge in [0.2, 0.25) is 0 Å². The summed E-state index contributed by atoms with van der Waals surface area (Å²) in [5.41, 5.74) is 0. The Bertz CT molecular complexity index is 413. The Balaban J connectivity index is -0.0000000754. The van der Waals surface area contributed by atoms with Crippen LogP contribution in [0.2, 0.25) is 0 Å². The first-order chi connectivity index (χ1) is 14.9. The minimum absolute atomic E-state index is 0. The molecule has 0 aromatic rings. The molecule has 0 amide bonds. The maximum absolute atomic E-state index is 4.76. The van der Waals surface area contributed by atoms with Gasteiger partial charge < -0.3 is 119 Å². The van der Waals surface area contributed by atoms with E-state index in [4.69, 9.17) is 99.4 Å². The van der Waals surface area contributed by atoms with E-state index in [1.165, 1.54) is 0 Å². The van der Waals surface area contributed by atoms with Crippen molar-refractivity contribution in [2.45, 2.75) is 55.4 Å². The Kier molecular flexibility index (Phi) is 51.1. The molecule has 0 spiro atoms. The van der Waals surface area contributed by atoms with Gasteiger partial charge in [0, 0.05) is 52.4 Å². The van der Waals surface area contributed by atoms with E-state index in [9.17, 15) is 0 Å². The first-order valence-corrected chi connectivity index (χ1v) is 14.0. The number of rotatable bonds is 8. The fraction of sp³-hybridized carbons (Fsp3) is 0.800. The van der Waals surface area contributed by atoms with Crippen molar-refractivity contribution in [1.29, 1.82) is 0 Å². The summed E-state index contributed by atoms with van der Waals surface area (Å²) in [4.78, 5) is 7.85. The number of hydrogen-bond acceptors (Lipinski definition) is 8. The Morgan fingerprint density at radius 2 is 0.471 bits per heavy atom. The second kappa shape index (κ2) is 35.3. The van der Waals surface area contributed by atoms with Gasteiger partial charge in [-0.05, 0) is 55.4 Å². The zero-order chi connectivity index (χ0) is 26.3. The molecule has 0 bridgehead atoms. The molecule has 0 atom stereocenters. The largest absolute Gasteiger partial charge is 2.00 e. The van der Waals surface area contributed by atoms with Crippen LogP contribution in [0.4, 0.5) is 0 Å². The van der Waals surface area contributed by atoms with Gasteiger partial charge in [-0.15, -0.1) is 0 Å². The Hall–Kier alpha value is 2.28. The molecule has 0 unspecified atom stereocenters. The van der Waals surface area contributed by atoms with Crippen LogP contribution >= 0.6 is 48.9 Å². The van der Waals surface area contributed by atoms with Crippen molar-refractivity contribution in [2.24, 2.45) is 0 Å². The van der Waals surface area contributed by atoms with Gasteiger partial charge in [-0.1, -0.05) is 17.3 Å². The summed E-state index contributed by atoms with van der Waals surface area (Å²) in [6, 6.07) is 0. The van der Waals surface area contributed by atoms with Gasteiger partial charge in [-0.2, -0.15) is 0 Å². The molecule has 0 aromatic carbocycles. The van der Waals surface area contributed by atoms with Crippen molar-refractivity contribution >= 4 is 117 Å². The maximum Gasteiger partial charge on any atom is 2.00 e. The summed E-state index contributed by atoms with van der Waals surface area (Å²) < 4.78 is 2.31. The summed E-state index contributed by atoms with van der Waals surface area (Å²) in [7, 11) is 0. The summed E-state index contributed by atoms with van der Waals surface area (Å²) in [6.45, 7) is 23.8. The maximum atomic E-state index is 4.76. The smallest absolute Gasteiger partial charge is 0.411 e. The van der Waals surface area contributed by atoms with Gasteiger partial charge in [0.05, 0.1) is 0 Å². The molecule has 0 aliphatic carbocycles. The van der Waals surface area contributed by atoms with Crippen LogP contribution in [0.3, 0.4) is 0 Å². The van der Waals surface area contributed by atoms with E-state index in [0.29, 0.717) is 17.3 Å². The second-order valence-corrected chi connectivity index (χ2v) is 9.88. The molecule has 0 saturated carbocycles. The Labute approximate surface area is 294 Å². The molecular formula is C20H40Cd2N4S8. The van der Waals surface area contributed by atoms with E-state index in [2.05, 4.69) is 0 Å². The predicted molar refractivity (Wildman–Crippen MR) is 172 cm³/mol. The number of nitrogens with zero attached hydrogens (tertiary/aromatic N) is 4. The van der Waals surface area contributed by atoms with Gasteiger partial charge in [0.15, 0.2) is 0 Å². The molecule has 0 radical (unpaired) electrons. The molecule has 34 heavy (non-hydrogen) atoms. The van der Waals surface area contributed by atoms with Crippen LogP contribution in [0.1, 0.15) is 55.4 Å². The fourth-order valence-corrected chi connectivity index (χ4v) is 3.99. The number of hydrogen-bond donors (Lipinski definition) is 0. The molecule has 0 aromatic heterocycles. The molecule has 0 aliphatic rings. The third-order valence-electron chi connectivity index (χ3n) is 4.09. The molecule has 192 valence electrons. The average Bonchev–Trinajstić information content (AvgIpc) is 2.72. The molecule has 0 saturated heterocycles. The molecule has 14 heteroatoms. The molecule has 0 N–H and O–H groups in total. The van der Waals surface area contributed by atoms with E-state index in [1.54, 1.807) is 0 Å². The van der Waals surface area contributed by atoms with Crippen LogP contribution in [-0.4, -0.2) is 89.2 Å². The van der Waals surface area contributed by atoms with Crippen molar-refractivity contribution in [1.82, 2.24) is 19.6 Å². The Morgan fingerprint density at radius 3 is 0.471 bits per heavy atom. The predicted octanol–water partition coefficient (Wildman–Crippen LogP) is 4.64. The molecular weight excluding hydrogens is 778 g/mol. The third-order valence-corrected chi connectivity index (χ3v) is 6.15. The van der Waals surface area contributed by atoms with E-state index in [0.717, 1.165) is 52.4 Å². The van der Waals surface area contributed by atoms with E-state index < -0.39 is 0 Å². The van der Waals surface area contributed by atoms with Crippen LogP contribution in [0.5, 0.6) is 0 Å². The minimum atomic E-state index is 0. The summed E-state index contributed by atoms with van der Waals surface area (Å²) in [6.07, 6.45) is 0. The molecule has 0 aliphatic heterocycles. The van der Waals surface area contributed by atoms with Crippen LogP contribution < -0.4 is 0 Å². The standard InChI is InChI=1S/4C5H11NS2.2Cd/c4*1-3-6(4-2)5(7)8;;/h4*3-4H2,1-2H3,(H,7,8);;/q;;;;2*+2/p-4. The van der Waals surface area contributed by atoms with Crippen LogP contribution in [0.25, 0.3) is 0 Å². The van der Waals surface area contributed by atoms with Crippen molar-refractivity contribution in [2.75, 3.05) is 52.4 Å². The van der Waals surface area contributed by atoms with Crippen molar-refractivity contribution in [3.05, 3.63) is 0 Å². The van der Waals surface area contributed by atoms with Crippen molar-refractivity contribution < 1.29 is 54.6 Å². The van der Waals surface area contributed by atoms with Crippen LogP contribution in [0, 0.1) is 0 Å². The number of thiocarbonyl (C=S) groups is 4. The molecule has 0 rings (SSSR count). The molecule has 0 heterocycles. The quantitative estimate of drug-likeness (QED) is 0.193. The van der Waals surface area contributed by atoms with Gasteiger partial charge in [0.25, 0.3) is 0 Å². The first-order valence-electron chi connectivity index (χ1n) is 10.7. The van der Waals surface area contributed by atoms with Gasteiger partial charge in [0.1, 0.15) is 0 Å².